The van der Waals surface area contributed by atoms with E-state index in [1.807, 2.05) is 13.0 Å². The first-order valence-electron chi connectivity index (χ1n) is 4.07. The lowest BCUT2D eigenvalue weighted by Gasteiger charge is -2.19. The van der Waals surface area contributed by atoms with Gasteiger partial charge in [-0.05, 0) is 12.5 Å². The summed E-state index contributed by atoms with van der Waals surface area (Å²) in [4.78, 5) is 4.09. The molecule has 3 heteroatoms. The van der Waals surface area contributed by atoms with E-state index >= 15 is 0 Å². The fraction of sp³-hybridized carbons (Fsp3) is 0.556. The third kappa shape index (κ3) is 1.93. The van der Waals surface area contributed by atoms with Crippen LogP contribution in [0.1, 0.15) is 26.2 Å². The Kier molecular flexibility index (Phi) is 2.61. The molecule has 1 heterocycles. The quantitative estimate of drug-likeness (QED) is 0.627. The van der Waals surface area contributed by atoms with E-state index in [-0.39, 0.29) is 0 Å². The van der Waals surface area contributed by atoms with Crippen LogP contribution in [0.4, 0.5) is 0 Å². The lowest BCUT2D eigenvalue weighted by atomic mass is 9.94. The Morgan fingerprint density at radius 3 is 3.17 bits per heavy atom. The van der Waals surface area contributed by atoms with Crippen LogP contribution in [0.3, 0.4) is 0 Å². The smallest absolute Gasteiger partial charge is 0.176 e. The predicted molar refractivity (Wildman–Crippen MR) is 46.7 cm³/mol. The molecular weight excluding hydrogens is 152 g/mol. The lowest BCUT2D eigenvalue weighted by Crippen LogP contribution is -2.29. The number of nitrogens with zero attached hydrogens (tertiary/aromatic N) is 2. The average Bonchev–Trinajstić information content (AvgIpc) is 2.05. The minimum Gasteiger partial charge on any atom is -0.372 e. The van der Waals surface area contributed by atoms with Crippen molar-refractivity contribution in [1.82, 2.24) is 0 Å². The maximum absolute atomic E-state index is 9.55. The van der Waals surface area contributed by atoms with Gasteiger partial charge in [0.05, 0.1) is 0 Å². The van der Waals surface area contributed by atoms with Crippen molar-refractivity contribution < 1.29 is 5.11 Å². The first-order valence-corrected chi connectivity index (χ1v) is 4.07. The summed E-state index contributed by atoms with van der Waals surface area (Å²) in [7, 11) is 0. The van der Waals surface area contributed by atoms with Crippen molar-refractivity contribution >= 4 is 5.71 Å². The molecule has 1 atom stereocenters. The second kappa shape index (κ2) is 3.51. The fourth-order valence-electron chi connectivity index (χ4n) is 1.20. The Hall–Kier alpha value is -1.14. The zero-order valence-corrected chi connectivity index (χ0v) is 7.12. The molecule has 0 aromatic carbocycles. The van der Waals surface area contributed by atoms with Crippen molar-refractivity contribution in [2.24, 2.45) is 4.99 Å². The van der Waals surface area contributed by atoms with Gasteiger partial charge in [-0.25, -0.2) is 0 Å². The highest BCUT2D eigenvalue weighted by atomic mass is 16.3. The number of rotatable bonds is 2. The second-order valence-electron chi connectivity index (χ2n) is 2.97. The first-order chi connectivity index (χ1) is 5.70. The summed E-state index contributed by atoms with van der Waals surface area (Å²) in [6.07, 6.45) is 5.15. The minimum atomic E-state index is -1.31. The number of nitriles is 1. The minimum absolute atomic E-state index is 0.355. The van der Waals surface area contributed by atoms with Gasteiger partial charge in [0.25, 0.3) is 0 Å². The molecule has 3 nitrogen and oxygen atoms in total. The second-order valence-corrected chi connectivity index (χ2v) is 2.97. The molecular formula is C9H12N2O. The van der Waals surface area contributed by atoms with E-state index in [2.05, 4.69) is 4.99 Å². The largest absolute Gasteiger partial charge is 0.372 e. The molecule has 1 N–H and O–H groups in total. The average molecular weight is 164 g/mol. The molecule has 1 aliphatic heterocycles. The molecule has 1 unspecified atom stereocenters. The van der Waals surface area contributed by atoms with E-state index in [1.165, 1.54) is 12.3 Å². The summed E-state index contributed by atoms with van der Waals surface area (Å²) in [5.74, 6) is 0. The molecule has 12 heavy (non-hydrogen) atoms. The molecule has 0 aliphatic carbocycles. The van der Waals surface area contributed by atoms with Crippen molar-refractivity contribution in [2.45, 2.75) is 31.8 Å². The van der Waals surface area contributed by atoms with Crippen LogP contribution in [-0.2, 0) is 0 Å². The monoisotopic (exact) mass is 164 g/mol. The molecule has 1 rings (SSSR count). The van der Waals surface area contributed by atoms with Crippen LogP contribution in [0.2, 0.25) is 0 Å². The number of aliphatic hydroxyl groups is 1. The van der Waals surface area contributed by atoms with Crippen LogP contribution in [-0.4, -0.2) is 16.4 Å². The van der Waals surface area contributed by atoms with Gasteiger partial charge in [-0.2, -0.15) is 5.26 Å². The predicted octanol–water partition coefficient (Wildman–Crippen LogP) is 1.40. The Bertz CT molecular complexity index is 262. The van der Waals surface area contributed by atoms with Gasteiger partial charge in [0.2, 0.25) is 0 Å². The van der Waals surface area contributed by atoms with Crippen LogP contribution < -0.4 is 0 Å². The molecule has 0 saturated carbocycles. The third-order valence-electron chi connectivity index (χ3n) is 1.81. The van der Waals surface area contributed by atoms with Gasteiger partial charge in [0, 0.05) is 18.3 Å². The van der Waals surface area contributed by atoms with E-state index in [0.29, 0.717) is 6.42 Å². The topological polar surface area (TPSA) is 56.4 Å². The summed E-state index contributed by atoms with van der Waals surface area (Å²) in [5.41, 5.74) is -0.407. The summed E-state index contributed by atoms with van der Waals surface area (Å²) >= 11 is 0. The molecule has 0 aromatic rings. The zero-order chi connectivity index (χ0) is 9.03. The summed E-state index contributed by atoms with van der Waals surface area (Å²) < 4.78 is 0. The summed E-state index contributed by atoms with van der Waals surface area (Å²) in [6, 6.07) is 1.86. The maximum Gasteiger partial charge on any atom is 0.176 e. The van der Waals surface area contributed by atoms with Gasteiger partial charge in [-0.3, -0.25) is 4.99 Å². The zero-order valence-electron chi connectivity index (χ0n) is 7.12. The van der Waals surface area contributed by atoms with E-state index in [1.54, 1.807) is 0 Å². The van der Waals surface area contributed by atoms with E-state index < -0.39 is 5.60 Å². The van der Waals surface area contributed by atoms with Gasteiger partial charge in [0.15, 0.2) is 5.60 Å². The highest BCUT2D eigenvalue weighted by Crippen LogP contribution is 2.18. The van der Waals surface area contributed by atoms with Gasteiger partial charge in [-0.1, -0.05) is 13.3 Å². The van der Waals surface area contributed by atoms with Crippen LogP contribution in [0.5, 0.6) is 0 Å². The lowest BCUT2D eigenvalue weighted by molar-refractivity contribution is 0.156. The number of hydrogen-bond acceptors (Lipinski definition) is 3. The molecule has 64 valence electrons. The van der Waals surface area contributed by atoms with Crippen molar-refractivity contribution in [3.05, 3.63) is 12.3 Å². The van der Waals surface area contributed by atoms with Gasteiger partial charge in [0.1, 0.15) is 6.07 Å². The van der Waals surface area contributed by atoms with Crippen molar-refractivity contribution in [2.75, 3.05) is 0 Å². The molecule has 0 fully saturated rings. The van der Waals surface area contributed by atoms with E-state index in [0.717, 1.165) is 18.6 Å². The van der Waals surface area contributed by atoms with Crippen molar-refractivity contribution in [3.8, 4) is 6.07 Å². The summed E-state index contributed by atoms with van der Waals surface area (Å²) in [5, 5.41) is 18.2. The standard InChI is InChI=1S/C9H12N2O/c1-2-3-8-6-9(12,7-10)4-5-11-8/h4-5,12H,2-3,6H2,1H3. The Morgan fingerprint density at radius 2 is 2.58 bits per heavy atom. The molecule has 0 saturated heterocycles. The highest BCUT2D eigenvalue weighted by Gasteiger charge is 2.26. The molecule has 0 amide bonds. The molecule has 0 aromatic heterocycles. The van der Waals surface area contributed by atoms with E-state index in [4.69, 9.17) is 5.26 Å². The van der Waals surface area contributed by atoms with Gasteiger partial charge >= 0.3 is 0 Å². The van der Waals surface area contributed by atoms with Gasteiger partial charge < -0.3 is 5.11 Å². The molecule has 0 bridgehead atoms. The number of aliphatic imine (C=N–C) groups is 1. The van der Waals surface area contributed by atoms with Crippen LogP contribution in [0.15, 0.2) is 17.3 Å². The molecule has 0 spiro atoms. The van der Waals surface area contributed by atoms with Gasteiger partial charge in [-0.15, -0.1) is 0 Å². The van der Waals surface area contributed by atoms with Crippen LogP contribution in [0.25, 0.3) is 0 Å². The number of hydrogen-bond donors (Lipinski definition) is 1. The third-order valence-corrected chi connectivity index (χ3v) is 1.81. The summed E-state index contributed by atoms with van der Waals surface area (Å²) in [6.45, 7) is 2.05. The first kappa shape index (κ1) is 8.95. The van der Waals surface area contributed by atoms with Crippen LogP contribution in [0, 0.1) is 11.3 Å². The SMILES string of the molecule is CCCC1=NC=CC(O)(C#N)C1. The van der Waals surface area contributed by atoms with E-state index in [9.17, 15) is 5.11 Å². The molecule has 0 radical (unpaired) electrons. The Morgan fingerprint density at radius 1 is 1.83 bits per heavy atom. The Labute approximate surface area is 72.0 Å². The molecule has 1 aliphatic rings. The highest BCUT2D eigenvalue weighted by molar-refractivity contribution is 5.87. The van der Waals surface area contributed by atoms with Crippen molar-refractivity contribution in [1.29, 1.82) is 5.26 Å². The Balaban J connectivity index is 2.68. The maximum atomic E-state index is 9.55. The fourth-order valence-corrected chi connectivity index (χ4v) is 1.20. The van der Waals surface area contributed by atoms with Crippen LogP contribution >= 0.6 is 0 Å². The van der Waals surface area contributed by atoms with Crippen molar-refractivity contribution in [3.63, 3.8) is 0 Å². The normalized spacial score (nSPS) is 27.9.